The number of halogens is 2. The average Bonchev–Trinajstić information content (AvgIpc) is 2.85. The molecule has 0 heterocycles. The summed E-state index contributed by atoms with van der Waals surface area (Å²) in [6.45, 7) is 2.11. The SMILES string of the molecule is C[C@H](NC(=O)NC[C@H]1CCC[C@@H]1O)c1ccc(F)c(F)c1. The van der Waals surface area contributed by atoms with Crippen molar-refractivity contribution in [2.24, 2.45) is 5.92 Å². The van der Waals surface area contributed by atoms with Gasteiger partial charge >= 0.3 is 6.03 Å². The van der Waals surface area contributed by atoms with Gasteiger partial charge in [-0.3, -0.25) is 0 Å². The number of nitrogens with one attached hydrogen (secondary N) is 2. The number of urea groups is 1. The molecule has 4 nitrogen and oxygen atoms in total. The van der Waals surface area contributed by atoms with E-state index in [1.165, 1.54) is 6.07 Å². The summed E-state index contributed by atoms with van der Waals surface area (Å²) in [5.74, 6) is -1.75. The molecule has 6 heteroatoms. The number of benzene rings is 1. The predicted octanol–water partition coefficient (Wildman–Crippen LogP) is 2.49. The lowest BCUT2D eigenvalue weighted by molar-refractivity contribution is 0.132. The van der Waals surface area contributed by atoms with Crippen molar-refractivity contribution < 1.29 is 18.7 Å². The van der Waals surface area contributed by atoms with Crippen LogP contribution in [-0.2, 0) is 0 Å². The second-order valence-corrected chi connectivity index (χ2v) is 5.51. The molecule has 0 saturated heterocycles. The number of carbonyl (C=O) groups excluding carboxylic acids is 1. The molecular weight excluding hydrogens is 278 g/mol. The van der Waals surface area contributed by atoms with Crippen LogP contribution in [0, 0.1) is 17.6 Å². The van der Waals surface area contributed by atoms with Gasteiger partial charge in [0.2, 0.25) is 0 Å². The topological polar surface area (TPSA) is 61.4 Å². The maximum absolute atomic E-state index is 13.1. The number of aliphatic hydroxyl groups is 1. The number of carbonyl (C=O) groups is 1. The Labute approximate surface area is 122 Å². The Hall–Kier alpha value is -1.69. The molecule has 0 spiro atoms. The van der Waals surface area contributed by atoms with Gasteiger partial charge in [-0.25, -0.2) is 13.6 Å². The molecule has 1 aliphatic rings. The Morgan fingerprint density at radius 2 is 2.14 bits per heavy atom. The Bertz CT molecular complexity index is 510. The summed E-state index contributed by atoms with van der Waals surface area (Å²) in [6, 6.07) is 2.72. The summed E-state index contributed by atoms with van der Waals surface area (Å²) < 4.78 is 26.0. The van der Waals surface area contributed by atoms with Crippen molar-refractivity contribution in [2.75, 3.05) is 6.54 Å². The van der Waals surface area contributed by atoms with Crippen molar-refractivity contribution >= 4 is 6.03 Å². The van der Waals surface area contributed by atoms with E-state index in [0.717, 1.165) is 31.4 Å². The highest BCUT2D eigenvalue weighted by Gasteiger charge is 2.25. The fourth-order valence-electron chi connectivity index (χ4n) is 2.59. The lowest BCUT2D eigenvalue weighted by Crippen LogP contribution is -2.40. The van der Waals surface area contributed by atoms with E-state index >= 15 is 0 Å². The van der Waals surface area contributed by atoms with Crippen LogP contribution in [0.5, 0.6) is 0 Å². The highest BCUT2D eigenvalue weighted by Crippen LogP contribution is 2.24. The fourth-order valence-corrected chi connectivity index (χ4v) is 2.59. The largest absolute Gasteiger partial charge is 0.393 e. The molecule has 116 valence electrons. The third kappa shape index (κ3) is 4.14. The van der Waals surface area contributed by atoms with Gasteiger partial charge in [0, 0.05) is 12.5 Å². The molecule has 1 aromatic rings. The lowest BCUT2D eigenvalue weighted by atomic mass is 10.1. The van der Waals surface area contributed by atoms with Crippen LogP contribution >= 0.6 is 0 Å². The molecule has 1 aliphatic carbocycles. The lowest BCUT2D eigenvalue weighted by Gasteiger charge is -2.18. The summed E-state index contributed by atoms with van der Waals surface area (Å²) in [6.07, 6.45) is 2.30. The van der Waals surface area contributed by atoms with Crippen molar-refractivity contribution in [3.05, 3.63) is 35.4 Å². The number of hydrogen-bond donors (Lipinski definition) is 3. The quantitative estimate of drug-likeness (QED) is 0.800. The maximum Gasteiger partial charge on any atom is 0.315 e. The highest BCUT2D eigenvalue weighted by molar-refractivity contribution is 5.74. The minimum absolute atomic E-state index is 0.0920. The highest BCUT2D eigenvalue weighted by atomic mass is 19.2. The van der Waals surface area contributed by atoms with E-state index < -0.39 is 17.7 Å². The van der Waals surface area contributed by atoms with Gasteiger partial charge in [0.25, 0.3) is 0 Å². The minimum atomic E-state index is -0.935. The summed E-state index contributed by atoms with van der Waals surface area (Å²) in [4.78, 5) is 11.8. The predicted molar refractivity (Wildman–Crippen MR) is 74.7 cm³/mol. The zero-order valence-electron chi connectivity index (χ0n) is 11.9. The van der Waals surface area contributed by atoms with E-state index in [9.17, 15) is 18.7 Å². The Kier molecular flexibility index (Phi) is 5.12. The smallest absolute Gasteiger partial charge is 0.315 e. The normalized spacial score (nSPS) is 22.9. The molecule has 0 bridgehead atoms. The zero-order chi connectivity index (χ0) is 15.4. The third-order valence-corrected chi connectivity index (χ3v) is 3.94. The fraction of sp³-hybridized carbons (Fsp3) is 0.533. The molecule has 1 aromatic carbocycles. The van der Waals surface area contributed by atoms with Crippen molar-refractivity contribution in [3.8, 4) is 0 Å². The number of aliphatic hydroxyl groups excluding tert-OH is 1. The van der Waals surface area contributed by atoms with Gasteiger partial charge in [-0.15, -0.1) is 0 Å². The Morgan fingerprint density at radius 3 is 2.76 bits per heavy atom. The van der Waals surface area contributed by atoms with Gasteiger partial charge in [-0.05, 0) is 37.5 Å². The zero-order valence-corrected chi connectivity index (χ0v) is 11.9. The molecule has 2 rings (SSSR count). The van der Waals surface area contributed by atoms with Gasteiger partial charge in [0.15, 0.2) is 11.6 Å². The molecule has 0 aromatic heterocycles. The first-order chi connectivity index (χ1) is 9.97. The monoisotopic (exact) mass is 298 g/mol. The summed E-state index contributed by atoms with van der Waals surface area (Å²) in [7, 11) is 0. The van der Waals surface area contributed by atoms with E-state index in [1.54, 1.807) is 6.92 Å². The Balaban J connectivity index is 1.82. The second-order valence-electron chi connectivity index (χ2n) is 5.51. The van der Waals surface area contributed by atoms with Gasteiger partial charge in [0.1, 0.15) is 0 Å². The molecule has 0 unspecified atom stereocenters. The summed E-state index contributed by atoms with van der Waals surface area (Å²) in [5.41, 5.74) is 0.491. The van der Waals surface area contributed by atoms with Gasteiger partial charge in [0.05, 0.1) is 12.1 Å². The van der Waals surface area contributed by atoms with Crippen LogP contribution in [0.1, 0.15) is 37.8 Å². The number of hydrogen-bond acceptors (Lipinski definition) is 2. The molecule has 21 heavy (non-hydrogen) atoms. The van der Waals surface area contributed by atoms with E-state index in [-0.39, 0.29) is 18.1 Å². The van der Waals surface area contributed by atoms with E-state index in [4.69, 9.17) is 0 Å². The van der Waals surface area contributed by atoms with Crippen LogP contribution in [0.3, 0.4) is 0 Å². The molecule has 0 aliphatic heterocycles. The molecule has 1 fully saturated rings. The van der Waals surface area contributed by atoms with Crippen molar-refractivity contribution in [2.45, 2.75) is 38.3 Å². The van der Waals surface area contributed by atoms with Crippen LogP contribution in [0.15, 0.2) is 18.2 Å². The van der Waals surface area contributed by atoms with Gasteiger partial charge < -0.3 is 15.7 Å². The molecule has 1 saturated carbocycles. The maximum atomic E-state index is 13.1. The van der Waals surface area contributed by atoms with E-state index in [1.807, 2.05) is 0 Å². The van der Waals surface area contributed by atoms with Gasteiger partial charge in [-0.1, -0.05) is 12.5 Å². The van der Waals surface area contributed by atoms with Crippen molar-refractivity contribution in [3.63, 3.8) is 0 Å². The van der Waals surface area contributed by atoms with Gasteiger partial charge in [-0.2, -0.15) is 0 Å². The van der Waals surface area contributed by atoms with Crippen LogP contribution in [0.2, 0.25) is 0 Å². The number of amides is 2. The van der Waals surface area contributed by atoms with E-state index in [2.05, 4.69) is 10.6 Å². The Morgan fingerprint density at radius 1 is 1.38 bits per heavy atom. The second kappa shape index (κ2) is 6.85. The first kappa shape index (κ1) is 15.7. The van der Waals surface area contributed by atoms with Crippen molar-refractivity contribution in [1.29, 1.82) is 0 Å². The van der Waals surface area contributed by atoms with Crippen LogP contribution in [0.25, 0.3) is 0 Å². The standard InChI is InChI=1S/C15H20F2N2O2/c1-9(10-5-6-12(16)13(17)7-10)19-15(21)18-8-11-3-2-4-14(11)20/h5-7,9,11,14,20H,2-4,8H2,1H3,(H2,18,19,21)/t9-,11+,14-/m0/s1. The summed E-state index contributed by atoms with van der Waals surface area (Å²) >= 11 is 0. The molecule has 3 atom stereocenters. The van der Waals surface area contributed by atoms with Crippen LogP contribution in [-0.4, -0.2) is 23.8 Å². The van der Waals surface area contributed by atoms with Crippen molar-refractivity contribution in [1.82, 2.24) is 10.6 Å². The molecule has 2 amide bonds. The molecule has 0 radical (unpaired) electrons. The summed E-state index contributed by atoms with van der Waals surface area (Å²) in [5, 5.41) is 15.0. The van der Waals surface area contributed by atoms with Crippen LogP contribution in [0.4, 0.5) is 13.6 Å². The first-order valence-electron chi connectivity index (χ1n) is 7.14. The molecule has 3 N–H and O–H groups in total. The third-order valence-electron chi connectivity index (χ3n) is 3.94. The minimum Gasteiger partial charge on any atom is -0.393 e. The average molecular weight is 298 g/mol. The first-order valence-corrected chi connectivity index (χ1v) is 7.14. The van der Waals surface area contributed by atoms with Crippen LogP contribution < -0.4 is 10.6 Å². The number of rotatable bonds is 4. The van der Waals surface area contributed by atoms with E-state index in [0.29, 0.717) is 12.1 Å². The molecular formula is C15H20F2N2O2.